The van der Waals surface area contributed by atoms with Crippen molar-refractivity contribution in [2.75, 3.05) is 20.3 Å². The molecule has 7 heteroatoms. The number of hydrogen-bond donors (Lipinski definition) is 1. The summed E-state index contributed by atoms with van der Waals surface area (Å²) < 4.78 is 6.74. The molecular formula is C20H23N3O4. The number of methoxy groups -OCH3 is 1. The van der Waals surface area contributed by atoms with Gasteiger partial charge in [-0.1, -0.05) is 30.3 Å². The number of ether oxygens (including phenoxy) is 1. The molecule has 0 spiro atoms. The van der Waals surface area contributed by atoms with Crippen molar-refractivity contribution >= 4 is 17.4 Å². The zero-order valence-corrected chi connectivity index (χ0v) is 15.9. The highest BCUT2D eigenvalue weighted by Crippen LogP contribution is 2.40. The molecule has 1 aliphatic heterocycles. The van der Waals surface area contributed by atoms with Crippen molar-refractivity contribution in [1.29, 1.82) is 0 Å². The highest BCUT2D eigenvalue weighted by atomic mass is 16.5. The number of carbonyl (C=O) groups excluding carboxylic acids is 2. The number of aliphatic hydroxyl groups is 1. The minimum atomic E-state index is -0.694. The van der Waals surface area contributed by atoms with Crippen LogP contribution in [0.4, 0.5) is 0 Å². The summed E-state index contributed by atoms with van der Waals surface area (Å²) in [7, 11) is 3.31. The van der Waals surface area contributed by atoms with E-state index in [1.807, 2.05) is 37.3 Å². The van der Waals surface area contributed by atoms with E-state index in [1.54, 1.807) is 18.7 Å². The number of rotatable bonds is 5. The van der Waals surface area contributed by atoms with Crippen LogP contribution in [-0.2, 0) is 21.4 Å². The molecule has 1 aromatic heterocycles. The maximum Gasteiger partial charge on any atom is 0.295 e. The van der Waals surface area contributed by atoms with Gasteiger partial charge in [0.25, 0.3) is 11.7 Å². The summed E-state index contributed by atoms with van der Waals surface area (Å²) in [6.07, 6.45) is 0. The van der Waals surface area contributed by atoms with Crippen LogP contribution in [0.25, 0.3) is 5.76 Å². The number of amides is 1. The van der Waals surface area contributed by atoms with E-state index in [0.29, 0.717) is 17.9 Å². The molecule has 7 nitrogen and oxygen atoms in total. The Morgan fingerprint density at radius 1 is 1.22 bits per heavy atom. The number of Topliss-reactive ketones (excluding diaryl/α,β-unsaturated/α-hetero) is 1. The second kappa shape index (κ2) is 7.36. The quantitative estimate of drug-likeness (QED) is 0.496. The molecule has 1 saturated heterocycles. The van der Waals surface area contributed by atoms with Gasteiger partial charge in [-0.2, -0.15) is 5.10 Å². The van der Waals surface area contributed by atoms with Crippen LogP contribution >= 0.6 is 0 Å². The lowest BCUT2D eigenvalue weighted by Gasteiger charge is -2.25. The SMILES string of the molecule is COCCN1C(=O)C(=O)/C(=C(/O)c2c(C)nn(C)c2C)C1c1ccccc1. The van der Waals surface area contributed by atoms with E-state index in [9.17, 15) is 14.7 Å². The van der Waals surface area contributed by atoms with Crippen LogP contribution in [0.2, 0.25) is 0 Å². The molecule has 1 fully saturated rings. The Labute approximate surface area is 157 Å². The summed E-state index contributed by atoms with van der Waals surface area (Å²) in [4.78, 5) is 27.0. The summed E-state index contributed by atoms with van der Waals surface area (Å²) in [5, 5.41) is 15.4. The molecule has 1 unspecified atom stereocenters. The molecule has 27 heavy (non-hydrogen) atoms. The van der Waals surface area contributed by atoms with Crippen LogP contribution < -0.4 is 0 Å². The monoisotopic (exact) mass is 369 g/mol. The third-order valence-corrected chi connectivity index (χ3v) is 4.94. The summed E-state index contributed by atoms with van der Waals surface area (Å²) in [5.41, 5.74) is 2.65. The Balaban J connectivity index is 2.21. The first-order valence-electron chi connectivity index (χ1n) is 8.71. The molecule has 1 aromatic carbocycles. The Morgan fingerprint density at radius 2 is 1.89 bits per heavy atom. The molecule has 2 heterocycles. The molecule has 0 radical (unpaired) electrons. The van der Waals surface area contributed by atoms with Gasteiger partial charge in [0.2, 0.25) is 0 Å². The Morgan fingerprint density at radius 3 is 2.44 bits per heavy atom. The van der Waals surface area contributed by atoms with Crippen LogP contribution in [0.3, 0.4) is 0 Å². The van der Waals surface area contributed by atoms with E-state index in [2.05, 4.69) is 5.10 Å². The maximum absolute atomic E-state index is 12.8. The van der Waals surface area contributed by atoms with E-state index >= 15 is 0 Å². The first-order valence-corrected chi connectivity index (χ1v) is 8.71. The first kappa shape index (κ1) is 18.8. The number of aryl methyl sites for hydroxylation is 2. The summed E-state index contributed by atoms with van der Waals surface area (Å²) in [6.45, 7) is 4.12. The number of likely N-dealkylation sites (tertiary alicyclic amines) is 1. The Bertz CT molecular complexity index is 915. The fourth-order valence-electron chi connectivity index (χ4n) is 3.53. The van der Waals surface area contributed by atoms with Crippen LogP contribution in [-0.4, -0.2) is 51.7 Å². The smallest absolute Gasteiger partial charge is 0.295 e. The molecule has 2 aromatic rings. The fraction of sp³-hybridized carbons (Fsp3) is 0.350. The van der Waals surface area contributed by atoms with Crippen LogP contribution in [0, 0.1) is 13.8 Å². The van der Waals surface area contributed by atoms with Crippen molar-refractivity contribution in [3.8, 4) is 0 Å². The van der Waals surface area contributed by atoms with Gasteiger partial charge < -0.3 is 14.7 Å². The lowest BCUT2D eigenvalue weighted by Crippen LogP contribution is -2.32. The zero-order chi connectivity index (χ0) is 19.7. The minimum Gasteiger partial charge on any atom is -0.507 e. The summed E-state index contributed by atoms with van der Waals surface area (Å²) in [6, 6.07) is 8.55. The lowest BCUT2D eigenvalue weighted by atomic mass is 9.95. The zero-order valence-electron chi connectivity index (χ0n) is 15.9. The molecule has 3 rings (SSSR count). The Kier molecular flexibility index (Phi) is 5.14. The summed E-state index contributed by atoms with van der Waals surface area (Å²) >= 11 is 0. The first-order chi connectivity index (χ1) is 12.9. The predicted octanol–water partition coefficient (Wildman–Crippen LogP) is 2.11. The molecule has 1 amide bonds. The topological polar surface area (TPSA) is 84.7 Å². The van der Waals surface area contributed by atoms with E-state index < -0.39 is 17.7 Å². The van der Waals surface area contributed by atoms with Gasteiger partial charge in [-0.05, 0) is 19.4 Å². The van der Waals surface area contributed by atoms with E-state index in [1.165, 1.54) is 12.0 Å². The number of benzene rings is 1. The van der Waals surface area contributed by atoms with Crippen molar-refractivity contribution in [3.05, 3.63) is 58.4 Å². The molecule has 0 saturated carbocycles. The van der Waals surface area contributed by atoms with Gasteiger partial charge in [0.15, 0.2) is 0 Å². The molecule has 0 aliphatic carbocycles. The normalized spacial score (nSPS) is 19.1. The maximum atomic E-state index is 12.8. The van der Waals surface area contributed by atoms with Gasteiger partial charge in [0.05, 0.1) is 29.5 Å². The molecule has 1 aliphatic rings. The van der Waals surface area contributed by atoms with Gasteiger partial charge in [-0.25, -0.2) is 0 Å². The number of hydrogen-bond acceptors (Lipinski definition) is 5. The number of aromatic nitrogens is 2. The van der Waals surface area contributed by atoms with Crippen molar-refractivity contribution in [2.45, 2.75) is 19.9 Å². The van der Waals surface area contributed by atoms with Gasteiger partial charge in [0, 0.05) is 26.4 Å². The van der Waals surface area contributed by atoms with Gasteiger partial charge >= 0.3 is 0 Å². The van der Waals surface area contributed by atoms with E-state index in [-0.39, 0.29) is 17.9 Å². The van der Waals surface area contributed by atoms with Gasteiger partial charge in [0.1, 0.15) is 5.76 Å². The lowest BCUT2D eigenvalue weighted by molar-refractivity contribution is -0.140. The van der Waals surface area contributed by atoms with Crippen molar-refractivity contribution in [2.24, 2.45) is 7.05 Å². The van der Waals surface area contributed by atoms with Gasteiger partial charge in [-0.3, -0.25) is 14.3 Å². The Hall–Kier alpha value is -2.93. The van der Waals surface area contributed by atoms with Gasteiger partial charge in [-0.15, -0.1) is 0 Å². The van der Waals surface area contributed by atoms with Crippen molar-refractivity contribution in [3.63, 3.8) is 0 Å². The van der Waals surface area contributed by atoms with E-state index in [4.69, 9.17) is 4.74 Å². The third-order valence-electron chi connectivity index (χ3n) is 4.94. The number of nitrogens with zero attached hydrogens (tertiary/aromatic N) is 3. The van der Waals surface area contributed by atoms with Crippen LogP contribution in [0.1, 0.15) is 28.6 Å². The van der Waals surface area contributed by atoms with Crippen molar-refractivity contribution in [1.82, 2.24) is 14.7 Å². The summed E-state index contributed by atoms with van der Waals surface area (Å²) in [5.74, 6) is -1.52. The van der Waals surface area contributed by atoms with Crippen molar-refractivity contribution < 1.29 is 19.4 Å². The average Bonchev–Trinajstić information content (AvgIpc) is 3.06. The predicted molar refractivity (Wildman–Crippen MR) is 100 cm³/mol. The van der Waals surface area contributed by atoms with E-state index in [0.717, 1.165) is 11.3 Å². The second-order valence-corrected chi connectivity index (χ2v) is 6.57. The van der Waals surface area contributed by atoms with Crippen LogP contribution in [0.5, 0.6) is 0 Å². The number of aliphatic hydroxyl groups excluding tert-OH is 1. The highest BCUT2D eigenvalue weighted by Gasteiger charge is 2.46. The standard InChI is InChI=1S/C20H23N3O4/c1-12-15(13(2)22(3)21-12)18(24)16-17(14-8-6-5-7-9-14)23(10-11-27-4)20(26)19(16)25/h5-9,17,24H,10-11H2,1-4H3/b18-16+. The second-order valence-electron chi connectivity index (χ2n) is 6.57. The molecule has 1 atom stereocenters. The average molecular weight is 369 g/mol. The number of carbonyl (C=O) groups is 2. The largest absolute Gasteiger partial charge is 0.507 e. The molecular weight excluding hydrogens is 346 g/mol. The molecule has 0 bridgehead atoms. The molecule has 142 valence electrons. The van der Waals surface area contributed by atoms with Crippen LogP contribution in [0.15, 0.2) is 35.9 Å². The molecule has 1 N–H and O–H groups in total. The fourth-order valence-corrected chi connectivity index (χ4v) is 3.53. The highest BCUT2D eigenvalue weighted by molar-refractivity contribution is 6.46. The number of ketones is 1. The third kappa shape index (κ3) is 3.14. The minimum absolute atomic E-state index is 0.0847.